The SMILES string of the molecule is CCCCCC(=O)N(CCCC)C1CCN(Cc2ccc(Oc3ccc(C(=O)O)cc3)cc2)CC1. The normalized spacial score (nSPS) is 14.6. The first-order chi connectivity index (χ1) is 17.0. The topological polar surface area (TPSA) is 70.1 Å². The molecule has 3 rings (SSSR count). The maximum atomic E-state index is 12.9. The van der Waals surface area contributed by atoms with Gasteiger partial charge in [0, 0.05) is 38.6 Å². The van der Waals surface area contributed by atoms with Crippen LogP contribution in [0.15, 0.2) is 48.5 Å². The molecule has 6 nitrogen and oxygen atoms in total. The van der Waals surface area contributed by atoms with Crippen LogP contribution in [0.2, 0.25) is 0 Å². The Labute approximate surface area is 209 Å². The van der Waals surface area contributed by atoms with Gasteiger partial charge in [-0.3, -0.25) is 9.69 Å². The molecule has 2 aromatic carbocycles. The van der Waals surface area contributed by atoms with Crippen LogP contribution in [0.4, 0.5) is 0 Å². The molecular weight excluding hydrogens is 440 g/mol. The van der Waals surface area contributed by atoms with E-state index in [-0.39, 0.29) is 5.56 Å². The molecule has 0 unspecified atom stereocenters. The minimum atomic E-state index is -0.947. The van der Waals surface area contributed by atoms with Crippen LogP contribution >= 0.6 is 0 Å². The number of carbonyl (C=O) groups is 2. The predicted octanol–water partition coefficient (Wildman–Crippen LogP) is 6.35. The molecule has 1 aliphatic heterocycles. The molecule has 1 fully saturated rings. The molecule has 0 bridgehead atoms. The van der Waals surface area contributed by atoms with Gasteiger partial charge in [0.1, 0.15) is 11.5 Å². The van der Waals surface area contributed by atoms with E-state index in [0.717, 1.165) is 76.9 Å². The third-order valence-corrected chi connectivity index (χ3v) is 6.73. The Bertz CT molecular complexity index is 919. The van der Waals surface area contributed by atoms with Crippen molar-refractivity contribution in [1.29, 1.82) is 0 Å². The van der Waals surface area contributed by atoms with Crippen LogP contribution < -0.4 is 4.74 Å². The minimum Gasteiger partial charge on any atom is -0.478 e. The molecule has 1 saturated heterocycles. The second-order valence-electron chi connectivity index (χ2n) is 9.48. The van der Waals surface area contributed by atoms with Crippen LogP contribution in [0.25, 0.3) is 0 Å². The molecule has 1 aliphatic rings. The number of ether oxygens (including phenoxy) is 1. The molecule has 190 valence electrons. The fourth-order valence-corrected chi connectivity index (χ4v) is 4.62. The summed E-state index contributed by atoms with van der Waals surface area (Å²) < 4.78 is 5.84. The number of carbonyl (C=O) groups excluding carboxylic acids is 1. The number of carboxylic acid groups (broad SMARTS) is 1. The third kappa shape index (κ3) is 8.39. The first-order valence-corrected chi connectivity index (χ1v) is 13.1. The van der Waals surface area contributed by atoms with Gasteiger partial charge in [0.05, 0.1) is 5.56 Å². The van der Waals surface area contributed by atoms with Crippen molar-refractivity contribution in [3.8, 4) is 11.5 Å². The van der Waals surface area contributed by atoms with E-state index in [1.807, 2.05) is 12.1 Å². The van der Waals surface area contributed by atoms with Crippen molar-refractivity contribution in [2.45, 2.75) is 77.8 Å². The fourth-order valence-electron chi connectivity index (χ4n) is 4.62. The molecule has 1 heterocycles. The van der Waals surface area contributed by atoms with E-state index in [4.69, 9.17) is 9.84 Å². The number of aromatic carboxylic acids is 1. The zero-order valence-corrected chi connectivity index (χ0v) is 21.2. The van der Waals surface area contributed by atoms with E-state index in [1.54, 1.807) is 12.1 Å². The van der Waals surface area contributed by atoms with Crippen molar-refractivity contribution in [3.05, 3.63) is 59.7 Å². The van der Waals surface area contributed by atoms with E-state index in [1.165, 1.54) is 17.7 Å². The molecule has 0 spiro atoms. The van der Waals surface area contributed by atoms with Gasteiger partial charge in [-0.15, -0.1) is 0 Å². The molecule has 0 atom stereocenters. The van der Waals surface area contributed by atoms with Gasteiger partial charge in [0.15, 0.2) is 0 Å². The van der Waals surface area contributed by atoms with Gasteiger partial charge in [-0.1, -0.05) is 45.2 Å². The highest BCUT2D eigenvalue weighted by Crippen LogP contribution is 2.24. The third-order valence-electron chi connectivity index (χ3n) is 6.73. The van der Waals surface area contributed by atoms with Gasteiger partial charge in [-0.25, -0.2) is 4.79 Å². The number of hydrogen-bond acceptors (Lipinski definition) is 4. The Morgan fingerprint density at radius 2 is 1.51 bits per heavy atom. The van der Waals surface area contributed by atoms with Gasteiger partial charge in [0.25, 0.3) is 0 Å². The molecule has 35 heavy (non-hydrogen) atoms. The van der Waals surface area contributed by atoms with Gasteiger partial charge in [-0.05, 0) is 67.6 Å². The van der Waals surface area contributed by atoms with E-state index >= 15 is 0 Å². The van der Waals surface area contributed by atoms with Gasteiger partial charge < -0.3 is 14.7 Å². The predicted molar refractivity (Wildman–Crippen MR) is 139 cm³/mol. The summed E-state index contributed by atoms with van der Waals surface area (Å²) in [6.45, 7) is 8.16. The van der Waals surface area contributed by atoms with Crippen LogP contribution in [0.3, 0.4) is 0 Å². The Morgan fingerprint density at radius 1 is 0.914 bits per heavy atom. The quantitative estimate of drug-likeness (QED) is 0.338. The number of amides is 1. The second kappa shape index (κ2) is 13.9. The van der Waals surface area contributed by atoms with Crippen LogP contribution in [-0.2, 0) is 11.3 Å². The molecule has 2 aromatic rings. The van der Waals surface area contributed by atoms with Gasteiger partial charge in [-0.2, -0.15) is 0 Å². The van der Waals surface area contributed by atoms with Gasteiger partial charge >= 0.3 is 5.97 Å². The van der Waals surface area contributed by atoms with Crippen molar-refractivity contribution < 1.29 is 19.4 Å². The Kier molecular flexibility index (Phi) is 10.6. The summed E-state index contributed by atoms with van der Waals surface area (Å²) in [5.41, 5.74) is 1.47. The lowest BCUT2D eigenvalue weighted by Gasteiger charge is -2.39. The molecular formula is C29H40N2O4. The highest BCUT2D eigenvalue weighted by Gasteiger charge is 2.27. The lowest BCUT2D eigenvalue weighted by atomic mass is 10.0. The summed E-state index contributed by atoms with van der Waals surface area (Å²) in [6, 6.07) is 14.9. The Balaban J connectivity index is 1.48. The first kappa shape index (κ1) is 26.7. The van der Waals surface area contributed by atoms with E-state index < -0.39 is 5.97 Å². The summed E-state index contributed by atoms with van der Waals surface area (Å²) in [4.78, 5) is 28.5. The number of piperidine rings is 1. The minimum absolute atomic E-state index is 0.241. The number of unbranched alkanes of at least 4 members (excludes halogenated alkanes) is 3. The second-order valence-corrected chi connectivity index (χ2v) is 9.48. The summed E-state index contributed by atoms with van der Waals surface area (Å²) in [6.07, 6.45) is 8.25. The summed E-state index contributed by atoms with van der Waals surface area (Å²) >= 11 is 0. The largest absolute Gasteiger partial charge is 0.478 e. The Morgan fingerprint density at radius 3 is 2.09 bits per heavy atom. The first-order valence-electron chi connectivity index (χ1n) is 13.1. The highest BCUT2D eigenvalue weighted by molar-refractivity contribution is 5.87. The number of hydrogen-bond donors (Lipinski definition) is 1. The van der Waals surface area contributed by atoms with E-state index in [0.29, 0.717) is 24.1 Å². The van der Waals surface area contributed by atoms with Crippen molar-refractivity contribution >= 4 is 11.9 Å². The number of carboxylic acids is 1. The lowest BCUT2D eigenvalue weighted by molar-refractivity contribution is -0.134. The van der Waals surface area contributed by atoms with Crippen molar-refractivity contribution in [1.82, 2.24) is 9.80 Å². The average molecular weight is 481 g/mol. The van der Waals surface area contributed by atoms with E-state index in [9.17, 15) is 9.59 Å². The van der Waals surface area contributed by atoms with Crippen LogP contribution in [-0.4, -0.2) is 52.5 Å². The fraction of sp³-hybridized carbons (Fsp3) is 0.517. The molecule has 0 aromatic heterocycles. The highest BCUT2D eigenvalue weighted by atomic mass is 16.5. The summed E-state index contributed by atoms with van der Waals surface area (Å²) in [5, 5.41) is 9.01. The lowest BCUT2D eigenvalue weighted by Crippen LogP contribution is -2.47. The Hall–Kier alpha value is -2.86. The standard InChI is InChI=1S/C29H40N2O4/c1-3-5-7-8-28(32)31(19-6-4-2)25-17-20-30(21-18-25)22-23-9-13-26(14-10-23)35-27-15-11-24(12-16-27)29(33)34/h9-16,25H,3-8,17-22H2,1-2H3,(H,33,34). The van der Waals surface area contributed by atoms with Crippen molar-refractivity contribution in [2.75, 3.05) is 19.6 Å². The molecule has 1 N–H and O–H groups in total. The molecule has 1 amide bonds. The zero-order chi connectivity index (χ0) is 25.0. The van der Waals surface area contributed by atoms with Crippen LogP contribution in [0.5, 0.6) is 11.5 Å². The van der Waals surface area contributed by atoms with Crippen molar-refractivity contribution in [3.63, 3.8) is 0 Å². The van der Waals surface area contributed by atoms with Crippen LogP contribution in [0.1, 0.15) is 81.1 Å². The summed E-state index contributed by atoms with van der Waals surface area (Å²) in [7, 11) is 0. The van der Waals surface area contributed by atoms with Gasteiger partial charge in [0.2, 0.25) is 5.91 Å². The monoisotopic (exact) mass is 480 g/mol. The maximum absolute atomic E-state index is 12.9. The number of benzene rings is 2. The molecule has 0 radical (unpaired) electrons. The number of nitrogens with zero attached hydrogens (tertiary/aromatic N) is 2. The van der Waals surface area contributed by atoms with E-state index in [2.05, 4.69) is 35.8 Å². The van der Waals surface area contributed by atoms with Crippen molar-refractivity contribution in [2.24, 2.45) is 0 Å². The molecule has 0 aliphatic carbocycles. The molecule has 6 heteroatoms. The summed E-state index contributed by atoms with van der Waals surface area (Å²) in [5.74, 6) is 0.737. The number of likely N-dealkylation sites (tertiary alicyclic amines) is 1. The van der Waals surface area contributed by atoms with Crippen LogP contribution in [0, 0.1) is 0 Å². The zero-order valence-electron chi connectivity index (χ0n) is 21.2. The maximum Gasteiger partial charge on any atom is 0.335 e. The average Bonchev–Trinajstić information content (AvgIpc) is 2.87. The number of rotatable bonds is 13. The molecule has 0 saturated carbocycles. The smallest absolute Gasteiger partial charge is 0.335 e.